The Balaban J connectivity index is 2.54. The van der Waals surface area contributed by atoms with E-state index in [0.29, 0.717) is 16.2 Å². The molecule has 1 aromatic rings. The summed E-state index contributed by atoms with van der Waals surface area (Å²) in [4.78, 5) is 14.8. The molecule has 0 saturated heterocycles. The van der Waals surface area contributed by atoms with E-state index in [1.54, 1.807) is 6.92 Å². The maximum Gasteiger partial charge on any atom is 0.357 e. The minimum Gasteiger partial charge on any atom is -0.476 e. The Morgan fingerprint density at radius 2 is 2.23 bits per heavy atom. The van der Waals surface area contributed by atoms with Crippen LogP contribution in [0.4, 0.5) is 0 Å². The van der Waals surface area contributed by atoms with Crippen molar-refractivity contribution in [3.63, 3.8) is 0 Å². The summed E-state index contributed by atoms with van der Waals surface area (Å²) < 4.78 is 0.649. The Morgan fingerprint density at radius 3 is 2.69 bits per heavy atom. The lowest BCUT2D eigenvalue weighted by Gasteiger charge is -1.97. The van der Waals surface area contributed by atoms with Gasteiger partial charge in [0, 0.05) is 5.92 Å². The fourth-order valence-corrected chi connectivity index (χ4v) is 1.39. The van der Waals surface area contributed by atoms with Crippen LogP contribution in [0.15, 0.2) is 0 Å². The number of carboxylic acid groups (broad SMARTS) is 1. The van der Waals surface area contributed by atoms with Crippen molar-refractivity contribution in [1.82, 2.24) is 9.71 Å². The van der Waals surface area contributed by atoms with Gasteiger partial charge in [0.15, 0.2) is 5.69 Å². The fraction of sp³-hybridized carbons (Fsp3) is 0.500. The Bertz CT molecular complexity index is 366. The molecule has 0 bridgehead atoms. The molecule has 70 valence electrons. The number of rotatable bonds is 2. The largest absolute Gasteiger partial charge is 0.476 e. The predicted molar refractivity (Wildman–Crippen MR) is 43.1 cm³/mol. The van der Waals surface area contributed by atoms with Gasteiger partial charge in [0.2, 0.25) is 0 Å². The van der Waals surface area contributed by atoms with Gasteiger partial charge in [-0.1, -0.05) is 0 Å². The van der Waals surface area contributed by atoms with E-state index in [1.807, 2.05) is 0 Å². The third-order valence-electron chi connectivity index (χ3n) is 2.21. The van der Waals surface area contributed by atoms with E-state index in [0.717, 1.165) is 12.8 Å². The number of aromatic carboxylic acids is 1. The van der Waals surface area contributed by atoms with Gasteiger partial charge in [-0.25, -0.2) is 9.78 Å². The zero-order chi connectivity index (χ0) is 9.59. The minimum absolute atomic E-state index is 0.0833. The Kier molecular flexibility index (Phi) is 1.55. The van der Waals surface area contributed by atoms with Crippen molar-refractivity contribution in [2.75, 3.05) is 0 Å². The lowest BCUT2D eigenvalue weighted by atomic mass is 10.2. The summed E-state index contributed by atoms with van der Waals surface area (Å²) in [6.07, 6.45) is 1.94. The highest BCUT2D eigenvalue weighted by Crippen LogP contribution is 2.41. The standard InChI is InChI=1S/C8H10N2O3/c1-4-9-6(5-2-3-5)7(8(11)12)10(4)13/h5,13H,2-3H2,1H3,(H,11,12). The molecule has 0 radical (unpaired) electrons. The first kappa shape index (κ1) is 8.10. The van der Waals surface area contributed by atoms with Crippen molar-refractivity contribution < 1.29 is 15.1 Å². The second-order valence-electron chi connectivity index (χ2n) is 3.28. The molecule has 1 saturated carbocycles. The molecule has 1 fully saturated rings. The lowest BCUT2D eigenvalue weighted by Crippen LogP contribution is -2.08. The highest BCUT2D eigenvalue weighted by Gasteiger charge is 2.33. The van der Waals surface area contributed by atoms with E-state index in [-0.39, 0.29) is 11.6 Å². The summed E-state index contributed by atoms with van der Waals surface area (Å²) in [5, 5.41) is 18.2. The summed E-state index contributed by atoms with van der Waals surface area (Å²) in [5.41, 5.74) is 0.438. The Labute approximate surface area is 74.6 Å². The van der Waals surface area contributed by atoms with Gasteiger partial charge in [0.25, 0.3) is 0 Å². The van der Waals surface area contributed by atoms with Crippen LogP contribution in [0.25, 0.3) is 0 Å². The van der Waals surface area contributed by atoms with Crippen LogP contribution in [0.1, 0.15) is 40.8 Å². The molecule has 0 unspecified atom stereocenters. The van der Waals surface area contributed by atoms with E-state index < -0.39 is 5.97 Å². The van der Waals surface area contributed by atoms with E-state index in [9.17, 15) is 10.0 Å². The van der Waals surface area contributed by atoms with Gasteiger partial charge in [-0.2, -0.15) is 4.73 Å². The maximum atomic E-state index is 10.8. The van der Waals surface area contributed by atoms with E-state index in [4.69, 9.17) is 5.11 Å². The van der Waals surface area contributed by atoms with E-state index in [2.05, 4.69) is 4.98 Å². The Hall–Kier alpha value is -1.52. The monoisotopic (exact) mass is 182 g/mol. The molecule has 2 rings (SSSR count). The summed E-state index contributed by atoms with van der Waals surface area (Å²) in [6.45, 7) is 1.58. The molecule has 5 nitrogen and oxygen atoms in total. The molecule has 0 atom stereocenters. The third kappa shape index (κ3) is 1.16. The molecular formula is C8H10N2O3. The molecule has 5 heteroatoms. The van der Waals surface area contributed by atoms with Crippen LogP contribution >= 0.6 is 0 Å². The van der Waals surface area contributed by atoms with E-state index >= 15 is 0 Å². The summed E-state index contributed by atoms with van der Waals surface area (Å²) in [5.74, 6) is -0.553. The van der Waals surface area contributed by atoms with Crippen LogP contribution in [-0.2, 0) is 0 Å². The molecule has 1 heterocycles. The normalized spacial score (nSPS) is 16.1. The molecule has 0 aromatic carbocycles. The fourth-order valence-electron chi connectivity index (χ4n) is 1.39. The molecular weight excluding hydrogens is 172 g/mol. The number of hydrogen-bond donors (Lipinski definition) is 2. The first-order valence-electron chi connectivity index (χ1n) is 4.13. The average molecular weight is 182 g/mol. The number of nitrogens with zero attached hydrogens (tertiary/aromatic N) is 2. The smallest absolute Gasteiger partial charge is 0.357 e. The highest BCUT2D eigenvalue weighted by molar-refractivity contribution is 5.87. The summed E-state index contributed by atoms with van der Waals surface area (Å²) in [7, 11) is 0. The zero-order valence-electron chi connectivity index (χ0n) is 7.19. The van der Waals surface area contributed by atoms with Gasteiger partial charge in [-0.3, -0.25) is 0 Å². The Morgan fingerprint density at radius 1 is 1.62 bits per heavy atom. The first-order chi connectivity index (χ1) is 6.11. The number of aromatic nitrogens is 2. The van der Waals surface area contributed by atoms with Crippen molar-refractivity contribution in [2.24, 2.45) is 0 Å². The molecule has 0 aliphatic heterocycles. The number of carbonyl (C=O) groups is 1. The molecule has 0 spiro atoms. The van der Waals surface area contributed by atoms with Crippen molar-refractivity contribution >= 4 is 5.97 Å². The van der Waals surface area contributed by atoms with Crippen LogP contribution in [0.3, 0.4) is 0 Å². The van der Waals surface area contributed by atoms with Gasteiger partial charge in [0.05, 0.1) is 5.69 Å². The lowest BCUT2D eigenvalue weighted by molar-refractivity contribution is 0.0639. The number of carboxylic acids is 1. The van der Waals surface area contributed by atoms with Crippen molar-refractivity contribution in [3.8, 4) is 0 Å². The molecule has 2 N–H and O–H groups in total. The molecule has 1 aliphatic carbocycles. The predicted octanol–water partition coefficient (Wildman–Crippen LogP) is 1.00. The number of hydrogen-bond acceptors (Lipinski definition) is 3. The van der Waals surface area contributed by atoms with Gasteiger partial charge >= 0.3 is 5.97 Å². The number of aryl methyl sites for hydroxylation is 1. The topological polar surface area (TPSA) is 75.3 Å². The molecule has 1 aromatic heterocycles. The second kappa shape index (κ2) is 2.48. The van der Waals surface area contributed by atoms with Gasteiger partial charge in [0.1, 0.15) is 5.82 Å². The summed E-state index contributed by atoms with van der Waals surface area (Å²) in [6, 6.07) is 0. The highest BCUT2D eigenvalue weighted by atomic mass is 16.5. The van der Waals surface area contributed by atoms with Crippen molar-refractivity contribution in [2.45, 2.75) is 25.7 Å². The van der Waals surface area contributed by atoms with Crippen LogP contribution in [0.2, 0.25) is 0 Å². The number of imidazole rings is 1. The molecule has 13 heavy (non-hydrogen) atoms. The quantitative estimate of drug-likeness (QED) is 0.669. The van der Waals surface area contributed by atoms with Crippen LogP contribution in [0, 0.1) is 6.92 Å². The van der Waals surface area contributed by atoms with Gasteiger partial charge < -0.3 is 10.3 Å². The third-order valence-corrected chi connectivity index (χ3v) is 2.21. The maximum absolute atomic E-state index is 10.8. The van der Waals surface area contributed by atoms with Crippen LogP contribution in [-0.4, -0.2) is 26.0 Å². The van der Waals surface area contributed by atoms with Crippen molar-refractivity contribution in [1.29, 1.82) is 0 Å². The second-order valence-corrected chi connectivity index (χ2v) is 3.28. The van der Waals surface area contributed by atoms with Gasteiger partial charge in [-0.15, -0.1) is 0 Å². The average Bonchev–Trinajstić information content (AvgIpc) is 2.80. The van der Waals surface area contributed by atoms with Crippen molar-refractivity contribution in [3.05, 3.63) is 17.2 Å². The molecule has 1 aliphatic rings. The molecule has 0 amide bonds. The van der Waals surface area contributed by atoms with Gasteiger partial charge in [-0.05, 0) is 19.8 Å². The van der Waals surface area contributed by atoms with Crippen LogP contribution < -0.4 is 0 Å². The summed E-state index contributed by atoms with van der Waals surface area (Å²) >= 11 is 0. The van der Waals surface area contributed by atoms with Crippen LogP contribution in [0.5, 0.6) is 0 Å². The minimum atomic E-state index is -1.12. The van der Waals surface area contributed by atoms with E-state index in [1.165, 1.54) is 0 Å². The SMILES string of the molecule is Cc1nc(C2CC2)c(C(=O)O)n1O. The first-order valence-corrected chi connectivity index (χ1v) is 4.13. The zero-order valence-corrected chi connectivity index (χ0v) is 7.19.